The third-order valence-electron chi connectivity index (χ3n) is 4.04. The number of nitrogens with zero attached hydrogens (tertiary/aromatic N) is 1. The standard InChI is InChI=1S/C16H26N2/c1-4-18-9-5-6-16(12-18)17-11-15-10-13(2)7-8-14(15)3/h7-8,10,16-17H,4-6,9,11-12H2,1-3H3. The smallest absolute Gasteiger partial charge is 0.0211 e. The summed E-state index contributed by atoms with van der Waals surface area (Å²) in [5.74, 6) is 0. The highest BCUT2D eigenvalue weighted by molar-refractivity contribution is 5.30. The van der Waals surface area contributed by atoms with E-state index in [0.29, 0.717) is 6.04 Å². The van der Waals surface area contributed by atoms with Gasteiger partial charge in [-0.05, 0) is 50.9 Å². The highest BCUT2D eigenvalue weighted by atomic mass is 15.2. The first kappa shape index (κ1) is 13.6. The van der Waals surface area contributed by atoms with Crippen molar-refractivity contribution in [3.05, 3.63) is 34.9 Å². The lowest BCUT2D eigenvalue weighted by Crippen LogP contribution is -2.45. The van der Waals surface area contributed by atoms with Crippen LogP contribution in [0.25, 0.3) is 0 Å². The summed E-state index contributed by atoms with van der Waals surface area (Å²) in [6, 6.07) is 7.39. The number of aryl methyl sites for hydroxylation is 2. The minimum absolute atomic E-state index is 0.665. The molecule has 0 amide bonds. The number of rotatable bonds is 4. The number of likely N-dealkylation sites (N-methyl/N-ethyl adjacent to an activating group) is 1. The molecule has 0 aliphatic carbocycles. The van der Waals surface area contributed by atoms with E-state index in [-0.39, 0.29) is 0 Å². The second kappa shape index (κ2) is 6.35. The Balaban J connectivity index is 1.89. The average molecular weight is 246 g/mol. The van der Waals surface area contributed by atoms with E-state index >= 15 is 0 Å². The molecule has 18 heavy (non-hydrogen) atoms. The quantitative estimate of drug-likeness (QED) is 0.879. The predicted molar refractivity (Wildman–Crippen MR) is 77.9 cm³/mol. The average Bonchev–Trinajstić information content (AvgIpc) is 2.40. The SMILES string of the molecule is CCN1CCCC(NCc2cc(C)ccc2C)C1. The van der Waals surface area contributed by atoms with Gasteiger partial charge in [-0.2, -0.15) is 0 Å². The van der Waals surface area contributed by atoms with E-state index in [9.17, 15) is 0 Å². The topological polar surface area (TPSA) is 15.3 Å². The zero-order valence-corrected chi connectivity index (χ0v) is 12.0. The molecular weight excluding hydrogens is 220 g/mol. The van der Waals surface area contributed by atoms with E-state index in [1.165, 1.54) is 49.2 Å². The minimum atomic E-state index is 0.665. The van der Waals surface area contributed by atoms with E-state index in [1.807, 2.05) is 0 Å². The van der Waals surface area contributed by atoms with Crippen molar-refractivity contribution < 1.29 is 0 Å². The van der Waals surface area contributed by atoms with Gasteiger partial charge in [-0.15, -0.1) is 0 Å². The van der Waals surface area contributed by atoms with Crippen LogP contribution in [0.4, 0.5) is 0 Å². The van der Waals surface area contributed by atoms with E-state index in [2.05, 4.69) is 49.2 Å². The number of piperidine rings is 1. The molecule has 1 fully saturated rings. The summed E-state index contributed by atoms with van der Waals surface area (Å²) in [5.41, 5.74) is 4.20. The monoisotopic (exact) mass is 246 g/mol. The molecule has 1 N–H and O–H groups in total. The summed E-state index contributed by atoms with van der Waals surface area (Å²) >= 11 is 0. The van der Waals surface area contributed by atoms with Crippen LogP contribution in [0.5, 0.6) is 0 Å². The molecule has 1 aliphatic heterocycles. The number of nitrogens with one attached hydrogen (secondary N) is 1. The maximum Gasteiger partial charge on any atom is 0.0211 e. The first-order valence-electron chi connectivity index (χ1n) is 7.21. The Kier molecular flexibility index (Phi) is 4.79. The maximum absolute atomic E-state index is 3.73. The van der Waals surface area contributed by atoms with Crippen LogP contribution < -0.4 is 5.32 Å². The summed E-state index contributed by atoms with van der Waals surface area (Å²) in [6.07, 6.45) is 2.65. The van der Waals surface area contributed by atoms with Gasteiger partial charge < -0.3 is 10.2 Å². The van der Waals surface area contributed by atoms with E-state index < -0.39 is 0 Å². The molecule has 0 bridgehead atoms. The van der Waals surface area contributed by atoms with Crippen molar-refractivity contribution in [3.63, 3.8) is 0 Å². The summed E-state index contributed by atoms with van der Waals surface area (Å²) in [7, 11) is 0. The lowest BCUT2D eigenvalue weighted by Gasteiger charge is -2.32. The second-order valence-electron chi connectivity index (χ2n) is 5.54. The van der Waals surface area contributed by atoms with Gasteiger partial charge in [-0.1, -0.05) is 30.7 Å². The summed E-state index contributed by atoms with van der Waals surface area (Å²) in [4.78, 5) is 2.55. The number of hydrogen-bond donors (Lipinski definition) is 1. The Bertz CT molecular complexity index is 387. The molecule has 0 aromatic heterocycles. The van der Waals surface area contributed by atoms with Gasteiger partial charge in [0.15, 0.2) is 0 Å². The minimum Gasteiger partial charge on any atom is -0.309 e. The van der Waals surface area contributed by atoms with Crippen LogP contribution in [0.3, 0.4) is 0 Å². The van der Waals surface area contributed by atoms with E-state index in [1.54, 1.807) is 0 Å². The van der Waals surface area contributed by atoms with Gasteiger partial charge in [-0.25, -0.2) is 0 Å². The fourth-order valence-electron chi connectivity index (χ4n) is 2.75. The van der Waals surface area contributed by atoms with E-state index in [0.717, 1.165) is 6.54 Å². The van der Waals surface area contributed by atoms with Crippen molar-refractivity contribution in [2.75, 3.05) is 19.6 Å². The predicted octanol–water partition coefficient (Wildman–Crippen LogP) is 2.88. The molecule has 1 heterocycles. The Hall–Kier alpha value is -0.860. The van der Waals surface area contributed by atoms with Crippen LogP contribution in [0.1, 0.15) is 36.5 Å². The fourth-order valence-corrected chi connectivity index (χ4v) is 2.75. The molecule has 1 aromatic carbocycles. The molecular formula is C16H26N2. The van der Waals surface area contributed by atoms with Crippen molar-refractivity contribution >= 4 is 0 Å². The van der Waals surface area contributed by atoms with Gasteiger partial charge in [0, 0.05) is 19.1 Å². The highest BCUT2D eigenvalue weighted by Gasteiger charge is 2.17. The van der Waals surface area contributed by atoms with Crippen molar-refractivity contribution in [1.82, 2.24) is 10.2 Å². The molecule has 2 heteroatoms. The molecule has 0 spiro atoms. The number of hydrogen-bond acceptors (Lipinski definition) is 2. The van der Waals surface area contributed by atoms with Crippen molar-refractivity contribution in [2.24, 2.45) is 0 Å². The van der Waals surface area contributed by atoms with Crippen molar-refractivity contribution in [2.45, 2.75) is 46.2 Å². The lowest BCUT2D eigenvalue weighted by atomic mass is 10.0. The zero-order valence-electron chi connectivity index (χ0n) is 12.0. The Morgan fingerprint density at radius 2 is 2.17 bits per heavy atom. The zero-order chi connectivity index (χ0) is 13.0. The first-order chi connectivity index (χ1) is 8.69. The van der Waals surface area contributed by atoms with Crippen molar-refractivity contribution in [3.8, 4) is 0 Å². The molecule has 0 saturated carbocycles. The number of benzene rings is 1. The van der Waals surface area contributed by atoms with Crippen LogP contribution in [-0.2, 0) is 6.54 Å². The van der Waals surface area contributed by atoms with Crippen LogP contribution in [-0.4, -0.2) is 30.6 Å². The summed E-state index contributed by atoms with van der Waals surface area (Å²) < 4.78 is 0. The molecule has 100 valence electrons. The van der Waals surface area contributed by atoms with E-state index in [4.69, 9.17) is 0 Å². The normalized spacial score (nSPS) is 21.2. The molecule has 2 rings (SSSR count). The number of likely N-dealkylation sites (tertiary alicyclic amines) is 1. The van der Waals surface area contributed by atoms with Crippen LogP contribution in [0, 0.1) is 13.8 Å². The van der Waals surface area contributed by atoms with Gasteiger partial charge in [-0.3, -0.25) is 0 Å². The van der Waals surface area contributed by atoms with Gasteiger partial charge in [0.25, 0.3) is 0 Å². The van der Waals surface area contributed by atoms with Gasteiger partial charge in [0.1, 0.15) is 0 Å². The second-order valence-corrected chi connectivity index (χ2v) is 5.54. The Morgan fingerprint density at radius 1 is 1.33 bits per heavy atom. The highest BCUT2D eigenvalue weighted by Crippen LogP contribution is 2.13. The van der Waals surface area contributed by atoms with Crippen molar-refractivity contribution in [1.29, 1.82) is 0 Å². The third kappa shape index (κ3) is 3.56. The molecule has 1 aromatic rings. The van der Waals surface area contributed by atoms with Gasteiger partial charge in [0.05, 0.1) is 0 Å². The summed E-state index contributed by atoms with van der Waals surface area (Å²) in [6.45, 7) is 11.3. The van der Waals surface area contributed by atoms with Gasteiger partial charge >= 0.3 is 0 Å². The Labute approximate surface area is 111 Å². The molecule has 2 nitrogen and oxygen atoms in total. The summed E-state index contributed by atoms with van der Waals surface area (Å²) in [5, 5.41) is 3.73. The van der Waals surface area contributed by atoms with Crippen LogP contribution in [0.2, 0.25) is 0 Å². The molecule has 1 aliphatic rings. The van der Waals surface area contributed by atoms with Gasteiger partial charge in [0.2, 0.25) is 0 Å². The van der Waals surface area contributed by atoms with Crippen LogP contribution in [0.15, 0.2) is 18.2 Å². The van der Waals surface area contributed by atoms with Crippen LogP contribution >= 0.6 is 0 Å². The molecule has 1 atom stereocenters. The first-order valence-corrected chi connectivity index (χ1v) is 7.21. The third-order valence-corrected chi connectivity index (χ3v) is 4.04. The molecule has 0 radical (unpaired) electrons. The molecule has 1 unspecified atom stereocenters. The fraction of sp³-hybridized carbons (Fsp3) is 0.625. The molecule has 1 saturated heterocycles. The Morgan fingerprint density at radius 3 is 2.94 bits per heavy atom. The largest absolute Gasteiger partial charge is 0.309 e. The maximum atomic E-state index is 3.73. The lowest BCUT2D eigenvalue weighted by molar-refractivity contribution is 0.198.